The Morgan fingerprint density at radius 2 is 2.41 bits per heavy atom. The molecule has 1 aromatic rings. The molecule has 0 saturated heterocycles. The van der Waals surface area contributed by atoms with E-state index >= 15 is 0 Å². The first-order chi connectivity index (χ1) is 8.22. The molecule has 0 spiro atoms. The van der Waals surface area contributed by atoms with E-state index in [0.717, 1.165) is 6.42 Å². The average molecular weight is 240 g/mol. The molecule has 6 heteroatoms. The van der Waals surface area contributed by atoms with Crippen LogP contribution in [0.4, 0.5) is 4.79 Å². The molecule has 1 atom stereocenters. The number of carbonyl (C=O) groups excluding carboxylic acids is 1. The minimum absolute atomic E-state index is 0.0617. The Hall–Kier alpha value is -1.56. The molecule has 0 aliphatic carbocycles. The third-order valence-corrected chi connectivity index (χ3v) is 2.23. The van der Waals surface area contributed by atoms with Crippen molar-refractivity contribution in [3.63, 3.8) is 0 Å². The van der Waals surface area contributed by atoms with Gasteiger partial charge in [-0.2, -0.15) is 0 Å². The summed E-state index contributed by atoms with van der Waals surface area (Å²) in [5.41, 5.74) is 0. The molecule has 96 valence electrons. The highest BCUT2D eigenvalue weighted by Crippen LogP contribution is 1.91. The summed E-state index contributed by atoms with van der Waals surface area (Å²) in [6.45, 7) is 3.95. The number of ether oxygens (including phenoxy) is 1. The molecule has 0 aliphatic heterocycles. The van der Waals surface area contributed by atoms with Crippen LogP contribution in [0.1, 0.15) is 13.3 Å². The molecule has 0 aliphatic rings. The van der Waals surface area contributed by atoms with Gasteiger partial charge < -0.3 is 19.9 Å². The molecule has 1 rings (SSSR count). The molecule has 0 bridgehead atoms. The van der Waals surface area contributed by atoms with Crippen LogP contribution in [0.3, 0.4) is 0 Å². The third-order valence-electron chi connectivity index (χ3n) is 2.23. The largest absolute Gasteiger partial charge is 0.385 e. The van der Waals surface area contributed by atoms with E-state index in [4.69, 9.17) is 4.74 Å². The molecule has 6 nitrogen and oxygen atoms in total. The molecule has 0 fully saturated rings. The van der Waals surface area contributed by atoms with Gasteiger partial charge in [-0.05, 0) is 13.3 Å². The Bertz CT molecular complexity index is 313. The first kappa shape index (κ1) is 13.5. The predicted octanol–water partition coefficient (Wildman–Crippen LogP) is 0.607. The van der Waals surface area contributed by atoms with Gasteiger partial charge in [-0.3, -0.25) is 0 Å². The van der Waals surface area contributed by atoms with Crippen molar-refractivity contribution in [1.82, 2.24) is 20.2 Å². The van der Waals surface area contributed by atoms with E-state index in [1.165, 1.54) is 0 Å². The minimum Gasteiger partial charge on any atom is -0.385 e. The smallest absolute Gasteiger partial charge is 0.315 e. The Morgan fingerprint density at radius 1 is 1.59 bits per heavy atom. The molecular formula is C11H20N4O2. The number of nitrogens with one attached hydrogen (secondary N) is 2. The Kier molecular flexibility index (Phi) is 6.09. The lowest BCUT2D eigenvalue weighted by Gasteiger charge is -2.15. The van der Waals surface area contributed by atoms with E-state index in [9.17, 15) is 4.79 Å². The van der Waals surface area contributed by atoms with Crippen LogP contribution < -0.4 is 10.6 Å². The third kappa shape index (κ3) is 5.91. The summed E-state index contributed by atoms with van der Waals surface area (Å²) in [7, 11) is 1.65. The van der Waals surface area contributed by atoms with Gasteiger partial charge >= 0.3 is 6.03 Å². The van der Waals surface area contributed by atoms with E-state index < -0.39 is 0 Å². The van der Waals surface area contributed by atoms with Gasteiger partial charge in [-0.15, -0.1) is 0 Å². The highest BCUT2D eigenvalue weighted by atomic mass is 16.5. The molecule has 1 unspecified atom stereocenters. The van der Waals surface area contributed by atoms with Gasteiger partial charge in [0.2, 0.25) is 0 Å². The molecule has 17 heavy (non-hydrogen) atoms. The number of nitrogens with zero attached hydrogens (tertiary/aromatic N) is 2. The van der Waals surface area contributed by atoms with E-state index in [1.54, 1.807) is 19.6 Å². The fourth-order valence-corrected chi connectivity index (χ4v) is 1.45. The maximum atomic E-state index is 11.5. The normalized spacial score (nSPS) is 12.1. The SMILES string of the molecule is COCCCNC(=O)NC(C)Cn1ccnc1. The minimum atomic E-state index is -0.145. The van der Waals surface area contributed by atoms with Crippen LogP contribution in [-0.4, -0.2) is 41.9 Å². The van der Waals surface area contributed by atoms with Crippen LogP contribution in [-0.2, 0) is 11.3 Å². The number of methoxy groups -OCH3 is 1. The molecule has 0 saturated carbocycles. The Labute approximate surface area is 101 Å². The maximum Gasteiger partial charge on any atom is 0.315 e. The standard InChI is InChI=1S/C11H20N4O2/c1-10(8-15-6-5-12-9-15)14-11(16)13-4-3-7-17-2/h5-6,9-10H,3-4,7-8H2,1-2H3,(H2,13,14,16). The molecule has 1 heterocycles. The molecular weight excluding hydrogens is 220 g/mol. The number of urea groups is 1. The van der Waals surface area contributed by atoms with E-state index in [0.29, 0.717) is 19.7 Å². The van der Waals surface area contributed by atoms with Gasteiger partial charge in [0.25, 0.3) is 0 Å². The van der Waals surface area contributed by atoms with Crippen LogP contribution in [0.2, 0.25) is 0 Å². The van der Waals surface area contributed by atoms with Crippen LogP contribution >= 0.6 is 0 Å². The number of rotatable bonds is 7. The quantitative estimate of drug-likeness (QED) is 0.686. The van der Waals surface area contributed by atoms with Gasteiger partial charge in [-0.25, -0.2) is 9.78 Å². The van der Waals surface area contributed by atoms with E-state index in [2.05, 4.69) is 15.6 Å². The second-order valence-corrected chi connectivity index (χ2v) is 3.91. The van der Waals surface area contributed by atoms with Gasteiger partial charge in [0, 0.05) is 45.2 Å². The second-order valence-electron chi connectivity index (χ2n) is 3.91. The van der Waals surface area contributed by atoms with Gasteiger partial charge in [0.1, 0.15) is 0 Å². The van der Waals surface area contributed by atoms with Crippen molar-refractivity contribution in [3.8, 4) is 0 Å². The lowest BCUT2D eigenvalue weighted by molar-refractivity contribution is 0.193. The van der Waals surface area contributed by atoms with Crippen molar-refractivity contribution in [3.05, 3.63) is 18.7 Å². The van der Waals surface area contributed by atoms with Crippen molar-refractivity contribution >= 4 is 6.03 Å². The van der Waals surface area contributed by atoms with Crippen LogP contribution in [0.15, 0.2) is 18.7 Å². The number of hydrogen-bond donors (Lipinski definition) is 2. The van der Waals surface area contributed by atoms with Gasteiger partial charge in [0.15, 0.2) is 0 Å². The predicted molar refractivity (Wildman–Crippen MR) is 64.7 cm³/mol. The lowest BCUT2D eigenvalue weighted by atomic mass is 10.3. The summed E-state index contributed by atoms with van der Waals surface area (Å²) in [5, 5.41) is 5.63. The summed E-state index contributed by atoms with van der Waals surface area (Å²) >= 11 is 0. The highest BCUT2D eigenvalue weighted by molar-refractivity contribution is 5.74. The molecule has 2 amide bonds. The first-order valence-corrected chi connectivity index (χ1v) is 5.71. The van der Waals surface area contributed by atoms with E-state index in [-0.39, 0.29) is 12.1 Å². The van der Waals surface area contributed by atoms with Crippen molar-refractivity contribution in [2.24, 2.45) is 0 Å². The van der Waals surface area contributed by atoms with Crippen molar-refractivity contribution in [2.45, 2.75) is 25.9 Å². The molecule has 0 aromatic carbocycles. The van der Waals surface area contributed by atoms with E-state index in [1.807, 2.05) is 17.7 Å². The van der Waals surface area contributed by atoms with Crippen LogP contribution in [0.5, 0.6) is 0 Å². The van der Waals surface area contributed by atoms with Gasteiger partial charge in [0.05, 0.1) is 6.33 Å². The summed E-state index contributed by atoms with van der Waals surface area (Å²) in [6.07, 6.45) is 6.14. The molecule has 1 aromatic heterocycles. The Morgan fingerprint density at radius 3 is 3.06 bits per heavy atom. The summed E-state index contributed by atoms with van der Waals surface area (Å²) in [4.78, 5) is 15.4. The maximum absolute atomic E-state index is 11.5. The van der Waals surface area contributed by atoms with Gasteiger partial charge in [-0.1, -0.05) is 0 Å². The zero-order valence-corrected chi connectivity index (χ0v) is 10.3. The number of aromatic nitrogens is 2. The van der Waals surface area contributed by atoms with Crippen LogP contribution in [0, 0.1) is 0 Å². The first-order valence-electron chi connectivity index (χ1n) is 5.71. The number of imidazole rings is 1. The summed E-state index contributed by atoms with van der Waals surface area (Å²) < 4.78 is 6.82. The topological polar surface area (TPSA) is 68.2 Å². The molecule has 0 radical (unpaired) electrons. The second kappa shape index (κ2) is 7.67. The molecule has 2 N–H and O–H groups in total. The average Bonchev–Trinajstić information content (AvgIpc) is 2.77. The van der Waals surface area contributed by atoms with Crippen molar-refractivity contribution in [1.29, 1.82) is 0 Å². The van der Waals surface area contributed by atoms with Crippen LogP contribution in [0.25, 0.3) is 0 Å². The number of amides is 2. The summed E-state index contributed by atoms with van der Waals surface area (Å²) in [6, 6.07) is -0.0830. The zero-order valence-electron chi connectivity index (χ0n) is 10.3. The number of hydrogen-bond acceptors (Lipinski definition) is 3. The lowest BCUT2D eigenvalue weighted by Crippen LogP contribution is -2.42. The zero-order chi connectivity index (χ0) is 12.5. The number of carbonyl (C=O) groups is 1. The van der Waals surface area contributed by atoms with Crippen molar-refractivity contribution < 1.29 is 9.53 Å². The Balaban J connectivity index is 2.13. The monoisotopic (exact) mass is 240 g/mol. The summed E-state index contributed by atoms with van der Waals surface area (Å²) in [5.74, 6) is 0. The van der Waals surface area contributed by atoms with Crippen molar-refractivity contribution in [2.75, 3.05) is 20.3 Å². The fourth-order valence-electron chi connectivity index (χ4n) is 1.45. The highest BCUT2D eigenvalue weighted by Gasteiger charge is 2.06. The fraction of sp³-hybridized carbons (Fsp3) is 0.636.